The summed E-state index contributed by atoms with van der Waals surface area (Å²) < 4.78 is 7.10. The van der Waals surface area contributed by atoms with Crippen LogP contribution in [0.25, 0.3) is 0 Å². The van der Waals surface area contributed by atoms with Crippen LogP contribution >= 0.6 is 0 Å². The lowest BCUT2D eigenvalue weighted by Gasteiger charge is -2.04. The lowest BCUT2D eigenvalue weighted by atomic mass is 10.2. The Labute approximate surface area is 107 Å². The minimum Gasteiger partial charge on any atom is -0.494 e. The molecule has 94 valence electrons. The van der Waals surface area contributed by atoms with Gasteiger partial charge in [0, 0.05) is 25.0 Å². The smallest absolute Gasteiger partial charge is 0.144 e. The molecule has 2 aromatic rings. The van der Waals surface area contributed by atoms with E-state index >= 15 is 0 Å². The minimum absolute atomic E-state index is 0.785. The first-order valence-corrected chi connectivity index (χ1v) is 5.79. The van der Waals surface area contributed by atoms with E-state index in [1.54, 1.807) is 11.8 Å². The Hall–Kier alpha value is -2.10. The number of benzene rings is 1. The highest BCUT2D eigenvalue weighted by molar-refractivity contribution is 5.83. The third kappa shape index (κ3) is 2.59. The molecule has 4 heteroatoms. The molecule has 1 heterocycles. The van der Waals surface area contributed by atoms with Crippen LogP contribution in [0.5, 0.6) is 5.75 Å². The van der Waals surface area contributed by atoms with Crippen LogP contribution in [0, 0.1) is 13.8 Å². The van der Waals surface area contributed by atoms with Crippen molar-refractivity contribution in [2.45, 2.75) is 13.8 Å². The first-order chi connectivity index (χ1) is 8.60. The van der Waals surface area contributed by atoms with E-state index in [1.807, 2.05) is 51.5 Å². The summed E-state index contributed by atoms with van der Waals surface area (Å²) in [4.78, 5) is 4.46. The lowest BCUT2D eigenvalue weighted by molar-refractivity contribution is 0.416. The zero-order valence-electron chi connectivity index (χ0n) is 11.1. The van der Waals surface area contributed by atoms with Crippen LogP contribution in [0.1, 0.15) is 16.8 Å². The predicted octanol–water partition coefficient (Wildman–Crippen LogP) is 2.80. The van der Waals surface area contributed by atoms with Gasteiger partial charge in [-0.2, -0.15) is 5.10 Å². The number of hydrogen-bond donors (Lipinski definition) is 0. The van der Waals surface area contributed by atoms with E-state index in [0.29, 0.717) is 0 Å². The van der Waals surface area contributed by atoms with Gasteiger partial charge >= 0.3 is 0 Å². The second-order valence-electron chi connectivity index (χ2n) is 4.28. The van der Waals surface area contributed by atoms with E-state index in [9.17, 15) is 0 Å². The van der Waals surface area contributed by atoms with Crippen molar-refractivity contribution >= 4 is 11.9 Å². The number of methoxy groups -OCH3 is 1. The normalized spacial score (nSPS) is 11.1. The van der Waals surface area contributed by atoms with Crippen molar-refractivity contribution in [2.75, 3.05) is 7.11 Å². The molecule has 0 radical (unpaired) electrons. The van der Waals surface area contributed by atoms with Gasteiger partial charge < -0.3 is 4.74 Å². The summed E-state index contributed by atoms with van der Waals surface area (Å²) in [5.41, 5.74) is 3.96. The van der Waals surface area contributed by atoms with E-state index in [4.69, 9.17) is 4.74 Å². The summed E-state index contributed by atoms with van der Waals surface area (Å²) >= 11 is 0. The first-order valence-electron chi connectivity index (χ1n) is 5.79. The van der Waals surface area contributed by atoms with Crippen molar-refractivity contribution in [1.82, 2.24) is 9.78 Å². The Morgan fingerprint density at radius 1 is 1.33 bits per heavy atom. The van der Waals surface area contributed by atoms with E-state index in [-0.39, 0.29) is 0 Å². The molecular weight excluding hydrogens is 226 g/mol. The van der Waals surface area contributed by atoms with Crippen LogP contribution in [-0.4, -0.2) is 23.1 Å². The summed E-state index contributed by atoms with van der Waals surface area (Å²) in [6, 6.07) is 5.95. The maximum Gasteiger partial charge on any atom is 0.144 e. The quantitative estimate of drug-likeness (QED) is 0.778. The highest BCUT2D eigenvalue weighted by atomic mass is 16.5. The molecule has 0 spiro atoms. The molecule has 1 aromatic heterocycles. The van der Waals surface area contributed by atoms with Crippen molar-refractivity contribution in [1.29, 1.82) is 0 Å². The van der Waals surface area contributed by atoms with Gasteiger partial charge in [0.25, 0.3) is 0 Å². The number of rotatable bonds is 3. The van der Waals surface area contributed by atoms with E-state index in [1.165, 1.54) is 0 Å². The zero-order valence-corrected chi connectivity index (χ0v) is 11.1. The second kappa shape index (κ2) is 5.04. The molecule has 0 aliphatic heterocycles. The van der Waals surface area contributed by atoms with Crippen LogP contribution in [0.2, 0.25) is 0 Å². The number of nitrogens with zero attached hydrogens (tertiary/aromatic N) is 3. The van der Waals surface area contributed by atoms with Gasteiger partial charge in [-0.25, -0.2) is 0 Å². The number of aliphatic imine (C=N–C) groups is 1. The summed E-state index contributed by atoms with van der Waals surface area (Å²) in [5.74, 6) is 0.785. The summed E-state index contributed by atoms with van der Waals surface area (Å²) in [7, 11) is 3.56. The largest absolute Gasteiger partial charge is 0.494 e. The van der Waals surface area contributed by atoms with Gasteiger partial charge in [0.15, 0.2) is 0 Å². The third-order valence-electron chi connectivity index (χ3n) is 2.73. The fourth-order valence-corrected chi connectivity index (χ4v) is 1.78. The molecule has 2 rings (SSSR count). The van der Waals surface area contributed by atoms with Gasteiger partial charge in [-0.15, -0.1) is 0 Å². The molecule has 0 aliphatic carbocycles. The lowest BCUT2D eigenvalue weighted by Crippen LogP contribution is -1.86. The van der Waals surface area contributed by atoms with Gasteiger partial charge in [-0.3, -0.25) is 9.67 Å². The number of ether oxygens (including phenoxy) is 1. The maximum atomic E-state index is 5.32. The first kappa shape index (κ1) is 12.4. The van der Waals surface area contributed by atoms with Crippen molar-refractivity contribution in [3.8, 4) is 5.75 Å². The third-order valence-corrected chi connectivity index (χ3v) is 2.73. The Morgan fingerprint density at radius 3 is 2.72 bits per heavy atom. The van der Waals surface area contributed by atoms with E-state index < -0.39 is 0 Å². The highest BCUT2D eigenvalue weighted by Gasteiger charge is 2.02. The van der Waals surface area contributed by atoms with Crippen LogP contribution in [0.15, 0.2) is 29.4 Å². The van der Waals surface area contributed by atoms with Crippen molar-refractivity contribution in [3.05, 3.63) is 41.2 Å². The zero-order chi connectivity index (χ0) is 13.1. The molecule has 0 N–H and O–H groups in total. The van der Waals surface area contributed by atoms with Crippen molar-refractivity contribution in [2.24, 2.45) is 12.0 Å². The SMILES string of the molecule is COc1cc(C)ccc1N=Cc1cn(C)nc1C. The molecule has 0 amide bonds. The average Bonchev–Trinajstić information content (AvgIpc) is 2.66. The molecule has 0 bridgehead atoms. The summed E-state index contributed by atoms with van der Waals surface area (Å²) in [6.45, 7) is 4.00. The van der Waals surface area contributed by atoms with Gasteiger partial charge in [0.1, 0.15) is 11.4 Å². The van der Waals surface area contributed by atoms with Crippen LogP contribution < -0.4 is 4.74 Å². The highest BCUT2D eigenvalue weighted by Crippen LogP contribution is 2.28. The molecule has 0 atom stereocenters. The monoisotopic (exact) mass is 243 g/mol. The maximum absolute atomic E-state index is 5.32. The fourth-order valence-electron chi connectivity index (χ4n) is 1.78. The van der Waals surface area contributed by atoms with E-state index in [0.717, 1.165) is 28.3 Å². The number of aromatic nitrogens is 2. The second-order valence-corrected chi connectivity index (χ2v) is 4.28. The number of hydrogen-bond acceptors (Lipinski definition) is 3. The Kier molecular flexibility index (Phi) is 3.46. The van der Waals surface area contributed by atoms with Gasteiger partial charge in [0.2, 0.25) is 0 Å². The van der Waals surface area contributed by atoms with Crippen LogP contribution in [0.3, 0.4) is 0 Å². The van der Waals surface area contributed by atoms with Crippen molar-refractivity contribution in [3.63, 3.8) is 0 Å². The molecule has 18 heavy (non-hydrogen) atoms. The predicted molar refractivity (Wildman–Crippen MR) is 72.9 cm³/mol. The number of aryl methyl sites for hydroxylation is 3. The topological polar surface area (TPSA) is 39.4 Å². The Bertz CT molecular complexity index is 585. The molecule has 1 aromatic carbocycles. The molecular formula is C14H17N3O. The molecule has 0 aliphatic rings. The molecule has 4 nitrogen and oxygen atoms in total. The van der Waals surface area contributed by atoms with Crippen LogP contribution in [-0.2, 0) is 7.05 Å². The summed E-state index contributed by atoms with van der Waals surface area (Å²) in [5, 5.41) is 4.27. The molecule has 0 fully saturated rings. The fraction of sp³-hybridized carbons (Fsp3) is 0.286. The summed E-state index contributed by atoms with van der Waals surface area (Å²) in [6.07, 6.45) is 3.76. The minimum atomic E-state index is 0.785. The van der Waals surface area contributed by atoms with Gasteiger partial charge in [-0.1, -0.05) is 6.07 Å². The van der Waals surface area contributed by atoms with E-state index in [2.05, 4.69) is 10.1 Å². The Balaban J connectivity index is 2.31. The molecule has 0 saturated carbocycles. The standard InChI is InChI=1S/C14H17N3O/c1-10-5-6-13(14(7-10)18-4)15-8-12-9-17(3)16-11(12)2/h5-9H,1-4H3. The van der Waals surface area contributed by atoms with Crippen molar-refractivity contribution < 1.29 is 4.74 Å². The van der Waals surface area contributed by atoms with Crippen LogP contribution in [0.4, 0.5) is 5.69 Å². The Morgan fingerprint density at radius 2 is 2.11 bits per heavy atom. The van der Waals surface area contributed by atoms with Gasteiger partial charge in [0.05, 0.1) is 12.8 Å². The van der Waals surface area contributed by atoms with Gasteiger partial charge in [-0.05, 0) is 31.5 Å². The average molecular weight is 243 g/mol. The molecule has 0 unspecified atom stereocenters. The molecule has 0 saturated heterocycles.